The zero-order valence-corrected chi connectivity index (χ0v) is 17.1. The Balaban J connectivity index is 1.38. The number of pyridine rings is 1. The van der Waals surface area contributed by atoms with E-state index in [4.69, 9.17) is 11.6 Å². The van der Waals surface area contributed by atoms with Crippen molar-refractivity contribution in [2.75, 3.05) is 49.2 Å². The van der Waals surface area contributed by atoms with Crippen LogP contribution in [-0.4, -0.2) is 54.8 Å². The molecule has 5 nitrogen and oxygen atoms in total. The first-order valence-electron chi connectivity index (χ1n) is 9.18. The maximum absolute atomic E-state index is 12.1. The molecule has 1 saturated heterocycles. The van der Waals surface area contributed by atoms with Crippen LogP contribution in [0.2, 0.25) is 5.02 Å². The zero-order valence-electron chi connectivity index (χ0n) is 15.5. The van der Waals surface area contributed by atoms with Crippen LogP contribution in [0.1, 0.15) is 12.8 Å². The highest BCUT2D eigenvalue weighted by atomic mass is 35.5. The van der Waals surface area contributed by atoms with Crippen molar-refractivity contribution >= 4 is 40.8 Å². The zero-order chi connectivity index (χ0) is 19.1. The number of piperazine rings is 1. The van der Waals surface area contributed by atoms with Crippen LogP contribution in [0.4, 0.5) is 11.5 Å². The van der Waals surface area contributed by atoms with E-state index in [9.17, 15) is 4.79 Å². The highest BCUT2D eigenvalue weighted by Gasteiger charge is 2.15. The topological polar surface area (TPSA) is 48.5 Å². The molecule has 0 radical (unpaired) electrons. The van der Waals surface area contributed by atoms with Crippen LogP contribution >= 0.6 is 23.4 Å². The fourth-order valence-corrected chi connectivity index (χ4v) is 3.84. The average molecular weight is 405 g/mol. The van der Waals surface area contributed by atoms with E-state index in [1.165, 1.54) is 4.90 Å². The Morgan fingerprint density at radius 3 is 2.56 bits per heavy atom. The monoisotopic (exact) mass is 404 g/mol. The van der Waals surface area contributed by atoms with Crippen LogP contribution in [-0.2, 0) is 4.79 Å². The van der Waals surface area contributed by atoms with Gasteiger partial charge in [-0.1, -0.05) is 11.6 Å². The summed E-state index contributed by atoms with van der Waals surface area (Å²) >= 11 is 7.61. The Bertz CT molecular complexity index is 731. The Labute approximate surface area is 170 Å². The standard InChI is InChI=1S/C20H25ClN4OS/c1-24-10-12-25(13-11-24)19-9-6-17(15-22-19)23-20(26)3-2-14-27-18-7-4-16(21)5-8-18/h4-9,15H,2-3,10-14H2,1H3,(H,23,26). The van der Waals surface area contributed by atoms with E-state index in [-0.39, 0.29) is 5.91 Å². The predicted molar refractivity (Wildman–Crippen MR) is 114 cm³/mol. The largest absolute Gasteiger partial charge is 0.354 e. The molecular formula is C20H25ClN4OS. The molecule has 1 aromatic heterocycles. The maximum Gasteiger partial charge on any atom is 0.224 e. The molecule has 1 fully saturated rings. The summed E-state index contributed by atoms with van der Waals surface area (Å²) in [6, 6.07) is 11.7. The lowest BCUT2D eigenvalue weighted by Crippen LogP contribution is -2.44. The van der Waals surface area contributed by atoms with E-state index in [1.54, 1.807) is 18.0 Å². The van der Waals surface area contributed by atoms with Crippen molar-refractivity contribution in [2.45, 2.75) is 17.7 Å². The first-order valence-corrected chi connectivity index (χ1v) is 10.5. The number of hydrogen-bond donors (Lipinski definition) is 1. The average Bonchev–Trinajstić information content (AvgIpc) is 2.68. The van der Waals surface area contributed by atoms with E-state index in [0.29, 0.717) is 6.42 Å². The van der Waals surface area contributed by atoms with Crippen LogP contribution in [0.15, 0.2) is 47.5 Å². The quantitative estimate of drug-likeness (QED) is 0.558. The number of halogens is 1. The van der Waals surface area contributed by atoms with E-state index in [0.717, 1.165) is 54.9 Å². The van der Waals surface area contributed by atoms with Gasteiger partial charge in [-0.25, -0.2) is 4.98 Å². The Hall–Kier alpha value is -1.76. The minimum Gasteiger partial charge on any atom is -0.354 e. The summed E-state index contributed by atoms with van der Waals surface area (Å²) in [5, 5.41) is 3.67. The molecule has 0 spiro atoms. The lowest BCUT2D eigenvalue weighted by Gasteiger charge is -2.33. The fourth-order valence-electron chi connectivity index (χ4n) is 2.86. The van der Waals surface area contributed by atoms with Gasteiger partial charge in [0, 0.05) is 42.5 Å². The van der Waals surface area contributed by atoms with Gasteiger partial charge in [0.2, 0.25) is 5.91 Å². The number of carbonyl (C=O) groups is 1. The van der Waals surface area contributed by atoms with E-state index in [1.807, 2.05) is 36.4 Å². The van der Waals surface area contributed by atoms with Crippen LogP contribution < -0.4 is 10.2 Å². The van der Waals surface area contributed by atoms with E-state index >= 15 is 0 Å². The number of nitrogens with zero attached hydrogens (tertiary/aromatic N) is 3. The number of thioether (sulfide) groups is 1. The summed E-state index contributed by atoms with van der Waals surface area (Å²) in [4.78, 5) is 22.4. The first-order chi connectivity index (χ1) is 13.1. The molecule has 0 aliphatic carbocycles. The minimum atomic E-state index is 0.0286. The molecule has 1 aliphatic rings. The summed E-state index contributed by atoms with van der Waals surface area (Å²) < 4.78 is 0. The van der Waals surface area contributed by atoms with Crippen molar-refractivity contribution in [2.24, 2.45) is 0 Å². The summed E-state index contributed by atoms with van der Waals surface area (Å²) in [7, 11) is 2.14. The van der Waals surface area contributed by atoms with E-state index < -0.39 is 0 Å². The Morgan fingerprint density at radius 2 is 1.89 bits per heavy atom. The number of hydrogen-bond acceptors (Lipinski definition) is 5. The Morgan fingerprint density at radius 1 is 1.15 bits per heavy atom. The normalized spacial score (nSPS) is 15.0. The molecular weight excluding hydrogens is 380 g/mol. The SMILES string of the molecule is CN1CCN(c2ccc(NC(=O)CCCSc3ccc(Cl)cc3)cn2)CC1. The van der Waals surface area contributed by atoms with Crippen LogP contribution in [0.3, 0.4) is 0 Å². The Kier molecular flexibility index (Phi) is 7.38. The first kappa shape index (κ1) is 20.0. The van der Waals surface area contributed by atoms with Crippen LogP contribution in [0.25, 0.3) is 0 Å². The number of aromatic nitrogens is 1. The van der Waals surface area contributed by atoms with Gasteiger partial charge in [-0.05, 0) is 55.6 Å². The molecule has 3 rings (SSSR count). The number of benzene rings is 1. The number of amides is 1. The molecule has 27 heavy (non-hydrogen) atoms. The number of rotatable bonds is 7. The second-order valence-corrected chi connectivity index (χ2v) is 8.25. The van der Waals surface area contributed by atoms with Gasteiger partial charge in [0.05, 0.1) is 11.9 Å². The number of carbonyl (C=O) groups excluding carboxylic acids is 1. The third kappa shape index (κ3) is 6.41. The maximum atomic E-state index is 12.1. The number of anilines is 2. The molecule has 0 atom stereocenters. The lowest BCUT2D eigenvalue weighted by atomic mass is 10.3. The van der Waals surface area contributed by atoms with Crippen molar-refractivity contribution in [1.29, 1.82) is 0 Å². The number of nitrogens with one attached hydrogen (secondary N) is 1. The van der Waals surface area contributed by atoms with Gasteiger partial charge in [0.1, 0.15) is 5.82 Å². The summed E-state index contributed by atoms with van der Waals surface area (Å²) in [6.07, 6.45) is 3.07. The highest BCUT2D eigenvalue weighted by Crippen LogP contribution is 2.21. The molecule has 1 amide bonds. The molecule has 0 unspecified atom stereocenters. The van der Waals surface area contributed by atoms with Gasteiger partial charge in [-0.2, -0.15) is 0 Å². The summed E-state index contributed by atoms with van der Waals surface area (Å²) in [5.74, 6) is 1.90. The smallest absolute Gasteiger partial charge is 0.224 e. The highest BCUT2D eigenvalue weighted by molar-refractivity contribution is 7.99. The lowest BCUT2D eigenvalue weighted by molar-refractivity contribution is -0.116. The second-order valence-electron chi connectivity index (χ2n) is 6.65. The van der Waals surface area contributed by atoms with Crippen LogP contribution in [0.5, 0.6) is 0 Å². The van der Waals surface area contributed by atoms with Gasteiger partial charge in [-0.15, -0.1) is 11.8 Å². The molecule has 144 valence electrons. The molecule has 2 aromatic rings. The molecule has 2 heterocycles. The van der Waals surface area contributed by atoms with Gasteiger partial charge in [0.15, 0.2) is 0 Å². The van der Waals surface area contributed by atoms with E-state index in [2.05, 4.69) is 27.1 Å². The minimum absolute atomic E-state index is 0.0286. The molecule has 1 aromatic carbocycles. The van der Waals surface area contributed by atoms with Crippen molar-refractivity contribution in [3.63, 3.8) is 0 Å². The molecule has 1 aliphatic heterocycles. The van der Waals surface area contributed by atoms with Gasteiger partial charge < -0.3 is 15.1 Å². The molecule has 0 bridgehead atoms. The summed E-state index contributed by atoms with van der Waals surface area (Å²) in [5.41, 5.74) is 0.753. The molecule has 7 heteroatoms. The van der Waals surface area contributed by atoms with Crippen molar-refractivity contribution in [3.8, 4) is 0 Å². The van der Waals surface area contributed by atoms with Gasteiger partial charge in [0.25, 0.3) is 0 Å². The van der Waals surface area contributed by atoms with Gasteiger partial charge >= 0.3 is 0 Å². The molecule has 0 saturated carbocycles. The van der Waals surface area contributed by atoms with Gasteiger partial charge in [-0.3, -0.25) is 4.79 Å². The second kappa shape index (κ2) is 9.97. The third-order valence-corrected chi connectivity index (χ3v) is 5.84. The predicted octanol–water partition coefficient (Wildman–Crippen LogP) is 4.00. The van der Waals surface area contributed by atoms with Crippen LogP contribution in [0, 0.1) is 0 Å². The fraction of sp³-hybridized carbons (Fsp3) is 0.400. The summed E-state index contributed by atoms with van der Waals surface area (Å²) in [6.45, 7) is 4.07. The molecule has 1 N–H and O–H groups in total. The van der Waals surface area contributed by atoms with Crippen molar-refractivity contribution in [1.82, 2.24) is 9.88 Å². The van der Waals surface area contributed by atoms with Crippen molar-refractivity contribution in [3.05, 3.63) is 47.6 Å². The van der Waals surface area contributed by atoms with Crippen molar-refractivity contribution < 1.29 is 4.79 Å². The third-order valence-electron chi connectivity index (χ3n) is 4.49. The number of likely N-dealkylation sites (N-methyl/N-ethyl adjacent to an activating group) is 1.